The lowest BCUT2D eigenvalue weighted by Crippen LogP contribution is -2.38. The maximum atomic E-state index is 13.5. The van der Waals surface area contributed by atoms with Gasteiger partial charge >= 0.3 is 0 Å². The number of nitrogens with two attached hydrogens (primary N) is 1. The molecule has 0 saturated carbocycles. The second kappa shape index (κ2) is 8.00. The Balaban J connectivity index is 1.57. The number of carbonyl (C=O) groups excluding carboxylic acids is 2. The Morgan fingerprint density at radius 3 is 2.62 bits per heavy atom. The molecule has 0 unspecified atom stereocenters. The minimum absolute atomic E-state index is 0.106. The number of piperidine rings is 1. The summed E-state index contributed by atoms with van der Waals surface area (Å²) in [6.07, 6.45) is 1.37. The van der Waals surface area contributed by atoms with Crippen LogP contribution in [0.5, 0.6) is 0 Å². The molecule has 1 saturated heterocycles. The van der Waals surface area contributed by atoms with Gasteiger partial charge in [-0.05, 0) is 43.2 Å². The Kier molecular flexibility index (Phi) is 5.43. The number of primary amides is 1. The largest absolute Gasteiger partial charge is 0.370 e. The zero-order valence-corrected chi connectivity index (χ0v) is 17.0. The van der Waals surface area contributed by atoms with E-state index in [2.05, 4.69) is 10.2 Å². The van der Waals surface area contributed by atoms with Crippen molar-refractivity contribution in [2.24, 2.45) is 11.7 Å². The summed E-state index contributed by atoms with van der Waals surface area (Å²) in [5, 5.41) is 3.91. The zero-order chi connectivity index (χ0) is 20.5. The van der Waals surface area contributed by atoms with Crippen LogP contribution in [0.4, 0.5) is 15.8 Å². The highest BCUT2D eigenvalue weighted by molar-refractivity contribution is 7.21. The average Bonchev–Trinajstić information content (AvgIpc) is 3.04. The minimum Gasteiger partial charge on any atom is -0.370 e. The van der Waals surface area contributed by atoms with E-state index in [1.54, 1.807) is 6.07 Å². The summed E-state index contributed by atoms with van der Waals surface area (Å²) in [6.45, 7) is 1.37. The molecule has 4 rings (SSSR count). The molecule has 1 fully saturated rings. The van der Waals surface area contributed by atoms with Crippen LogP contribution in [-0.2, 0) is 4.79 Å². The molecule has 1 aromatic heterocycles. The van der Waals surface area contributed by atoms with Gasteiger partial charge in [0.05, 0.1) is 16.4 Å². The first-order chi connectivity index (χ1) is 13.9. The summed E-state index contributed by atoms with van der Waals surface area (Å²) in [6, 6.07) is 11.8. The fraction of sp³-hybridized carbons (Fsp3) is 0.238. The molecular weight excluding hydrogens is 413 g/mol. The van der Waals surface area contributed by atoms with E-state index in [4.69, 9.17) is 17.3 Å². The second-order valence-electron chi connectivity index (χ2n) is 7.02. The number of nitrogens with one attached hydrogen (secondary N) is 1. The maximum absolute atomic E-state index is 13.5. The number of thiophene rings is 1. The molecule has 0 spiro atoms. The number of rotatable bonds is 4. The molecule has 1 aliphatic heterocycles. The molecule has 0 radical (unpaired) electrons. The number of benzene rings is 2. The normalized spacial score (nSPS) is 14.9. The van der Waals surface area contributed by atoms with Gasteiger partial charge in [0, 0.05) is 29.1 Å². The Morgan fingerprint density at radius 1 is 1.17 bits per heavy atom. The smallest absolute Gasteiger partial charge is 0.267 e. The number of carbonyl (C=O) groups is 2. The summed E-state index contributed by atoms with van der Waals surface area (Å²) in [7, 11) is 0. The number of hydrogen-bond acceptors (Lipinski definition) is 4. The lowest BCUT2D eigenvalue weighted by atomic mass is 9.96. The Labute approximate surface area is 176 Å². The first kappa shape index (κ1) is 19.7. The predicted octanol–water partition coefficient (Wildman–Crippen LogP) is 4.65. The topological polar surface area (TPSA) is 75.4 Å². The van der Waals surface area contributed by atoms with Crippen LogP contribution in [0.25, 0.3) is 10.1 Å². The van der Waals surface area contributed by atoms with Gasteiger partial charge in [-0.2, -0.15) is 0 Å². The Hall–Kier alpha value is -2.64. The maximum Gasteiger partial charge on any atom is 0.267 e. The molecule has 1 aliphatic rings. The molecule has 3 aromatic rings. The Bertz CT molecular complexity index is 1090. The van der Waals surface area contributed by atoms with E-state index in [0.29, 0.717) is 51.6 Å². The fourth-order valence-corrected chi connectivity index (χ4v) is 5.06. The number of anilines is 2. The van der Waals surface area contributed by atoms with Gasteiger partial charge in [-0.15, -0.1) is 11.3 Å². The summed E-state index contributed by atoms with van der Waals surface area (Å²) in [5.41, 5.74) is 6.96. The fourth-order valence-electron chi connectivity index (χ4n) is 3.62. The van der Waals surface area contributed by atoms with Gasteiger partial charge in [0.15, 0.2) is 0 Å². The van der Waals surface area contributed by atoms with Gasteiger partial charge in [-0.1, -0.05) is 23.7 Å². The van der Waals surface area contributed by atoms with Gasteiger partial charge in [0.2, 0.25) is 5.91 Å². The first-order valence-electron chi connectivity index (χ1n) is 9.26. The van der Waals surface area contributed by atoms with Crippen LogP contribution in [0.3, 0.4) is 0 Å². The van der Waals surface area contributed by atoms with Crippen molar-refractivity contribution in [2.45, 2.75) is 12.8 Å². The highest BCUT2D eigenvalue weighted by Crippen LogP contribution is 2.37. The standard InChI is InChI=1S/C21H19ClFN3O2S/c22-18-14-6-5-13(23)11-17(14)29-19(18)21(28)25-15-3-1-2-4-16(15)26-9-7-12(8-10-26)20(24)27/h1-6,11-12H,7-10H2,(H2,24,27)(H,25,28). The monoisotopic (exact) mass is 431 g/mol. The van der Waals surface area contributed by atoms with Gasteiger partial charge in [-0.25, -0.2) is 4.39 Å². The molecule has 0 atom stereocenters. The minimum atomic E-state index is -0.368. The quantitative estimate of drug-likeness (QED) is 0.631. The summed E-state index contributed by atoms with van der Waals surface area (Å²) in [5.74, 6) is -1.07. The number of fused-ring (bicyclic) bond motifs is 1. The van der Waals surface area contributed by atoms with Crippen LogP contribution in [0.1, 0.15) is 22.5 Å². The van der Waals surface area contributed by atoms with Gasteiger partial charge in [0.1, 0.15) is 10.7 Å². The van der Waals surface area contributed by atoms with E-state index < -0.39 is 0 Å². The van der Waals surface area contributed by atoms with Crippen LogP contribution >= 0.6 is 22.9 Å². The molecule has 5 nitrogen and oxygen atoms in total. The number of para-hydroxylation sites is 2. The molecule has 3 N–H and O–H groups in total. The summed E-state index contributed by atoms with van der Waals surface area (Å²) < 4.78 is 14.1. The van der Waals surface area contributed by atoms with Crippen LogP contribution in [0.2, 0.25) is 5.02 Å². The third-order valence-electron chi connectivity index (χ3n) is 5.19. The average molecular weight is 432 g/mol. The molecule has 29 heavy (non-hydrogen) atoms. The van der Waals surface area contributed by atoms with E-state index in [9.17, 15) is 14.0 Å². The van der Waals surface area contributed by atoms with Crippen LogP contribution < -0.4 is 16.0 Å². The molecule has 2 amide bonds. The highest BCUT2D eigenvalue weighted by Gasteiger charge is 2.25. The van der Waals surface area contributed by atoms with E-state index in [1.807, 2.05) is 24.3 Å². The Morgan fingerprint density at radius 2 is 1.90 bits per heavy atom. The van der Waals surface area contributed by atoms with E-state index in [1.165, 1.54) is 12.1 Å². The first-order valence-corrected chi connectivity index (χ1v) is 10.5. The van der Waals surface area contributed by atoms with Crippen molar-refractivity contribution >= 4 is 56.2 Å². The lowest BCUT2D eigenvalue weighted by molar-refractivity contribution is -0.122. The SMILES string of the molecule is NC(=O)C1CCN(c2ccccc2NC(=O)c2sc3cc(F)ccc3c2Cl)CC1. The van der Waals surface area contributed by atoms with Crippen molar-refractivity contribution in [3.63, 3.8) is 0 Å². The van der Waals surface area contributed by atoms with Crippen LogP contribution in [0.15, 0.2) is 42.5 Å². The third kappa shape index (κ3) is 3.93. The molecule has 0 bridgehead atoms. The highest BCUT2D eigenvalue weighted by atomic mass is 35.5. The molecule has 2 aromatic carbocycles. The van der Waals surface area contributed by atoms with Crippen molar-refractivity contribution in [3.8, 4) is 0 Å². The molecule has 8 heteroatoms. The van der Waals surface area contributed by atoms with E-state index in [-0.39, 0.29) is 23.5 Å². The second-order valence-corrected chi connectivity index (χ2v) is 8.45. The van der Waals surface area contributed by atoms with Crippen molar-refractivity contribution in [1.29, 1.82) is 0 Å². The summed E-state index contributed by atoms with van der Waals surface area (Å²) in [4.78, 5) is 26.8. The van der Waals surface area contributed by atoms with Gasteiger partial charge in [0.25, 0.3) is 5.91 Å². The molecule has 150 valence electrons. The molecular formula is C21H19ClFN3O2S. The van der Waals surface area contributed by atoms with Crippen LogP contribution in [0, 0.1) is 11.7 Å². The third-order valence-corrected chi connectivity index (χ3v) is 6.84. The lowest BCUT2D eigenvalue weighted by Gasteiger charge is -2.33. The molecule has 0 aliphatic carbocycles. The van der Waals surface area contributed by atoms with E-state index >= 15 is 0 Å². The zero-order valence-electron chi connectivity index (χ0n) is 15.5. The van der Waals surface area contributed by atoms with Crippen molar-refractivity contribution < 1.29 is 14.0 Å². The molecule has 2 heterocycles. The van der Waals surface area contributed by atoms with Crippen molar-refractivity contribution in [2.75, 3.05) is 23.3 Å². The van der Waals surface area contributed by atoms with Crippen molar-refractivity contribution in [1.82, 2.24) is 0 Å². The van der Waals surface area contributed by atoms with Crippen molar-refractivity contribution in [3.05, 3.63) is 58.2 Å². The number of nitrogens with zero attached hydrogens (tertiary/aromatic N) is 1. The number of halogens is 2. The number of hydrogen-bond donors (Lipinski definition) is 2. The predicted molar refractivity (Wildman–Crippen MR) is 115 cm³/mol. The van der Waals surface area contributed by atoms with Crippen LogP contribution in [-0.4, -0.2) is 24.9 Å². The van der Waals surface area contributed by atoms with E-state index in [0.717, 1.165) is 17.0 Å². The summed E-state index contributed by atoms with van der Waals surface area (Å²) >= 11 is 7.54. The van der Waals surface area contributed by atoms with Gasteiger partial charge in [-0.3, -0.25) is 9.59 Å². The van der Waals surface area contributed by atoms with Gasteiger partial charge < -0.3 is 16.0 Å². The number of amides is 2.